The van der Waals surface area contributed by atoms with E-state index in [1.54, 1.807) is 12.1 Å². The molecular formula is C21H16BN2O4S. The SMILES string of the molecule is [3H][B]SOCCC12C=CC(O1)c1c2c(O)n(-c2ccc(C#N)c3ccccc23)c1O. The van der Waals surface area contributed by atoms with Gasteiger partial charge in [0.1, 0.15) is 11.7 Å². The molecule has 3 heterocycles. The minimum Gasteiger partial charge on any atom is -0.494 e. The zero-order valence-electron chi connectivity index (χ0n) is 16.2. The summed E-state index contributed by atoms with van der Waals surface area (Å²) in [7, 11) is 1.10. The molecule has 2 aliphatic heterocycles. The number of benzene rings is 2. The third kappa shape index (κ3) is 2.45. The maximum absolute atomic E-state index is 11.2. The predicted octanol–water partition coefficient (Wildman–Crippen LogP) is 3.62. The topological polar surface area (TPSA) is 87.6 Å². The van der Waals surface area contributed by atoms with E-state index in [-0.39, 0.29) is 11.8 Å². The number of fused-ring (bicyclic) bond motifs is 6. The first-order valence-electron chi connectivity index (χ1n) is 9.64. The van der Waals surface area contributed by atoms with Crippen LogP contribution in [-0.2, 0) is 14.5 Å². The first kappa shape index (κ1) is 17.0. The molecule has 1 aromatic heterocycles. The number of ether oxygens (including phenoxy) is 1. The quantitative estimate of drug-likeness (QED) is 0.282. The Hall–Kier alpha value is -2.86. The van der Waals surface area contributed by atoms with E-state index in [2.05, 4.69) is 6.07 Å². The third-order valence-electron chi connectivity index (χ3n) is 5.63. The number of aromatic hydroxyl groups is 2. The van der Waals surface area contributed by atoms with E-state index >= 15 is 0 Å². The van der Waals surface area contributed by atoms with Gasteiger partial charge in [-0.05, 0) is 19.5 Å². The lowest BCUT2D eigenvalue weighted by molar-refractivity contribution is -0.0173. The van der Waals surface area contributed by atoms with Crippen molar-refractivity contribution in [3.8, 4) is 23.5 Å². The van der Waals surface area contributed by atoms with Crippen LogP contribution < -0.4 is 0 Å². The molecule has 0 amide bonds. The van der Waals surface area contributed by atoms with Gasteiger partial charge in [-0.25, -0.2) is 0 Å². The summed E-state index contributed by atoms with van der Waals surface area (Å²) in [5.74, 6) is -0.174. The van der Waals surface area contributed by atoms with Crippen LogP contribution in [0.5, 0.6) is 11.8 Å². The lowest BCUT2D eigenvalue weighted by atomic mass is 9.87. The second-order valence-electron chi connectivity index (χ2n) is 7.02. The first-order chi connectivity index (χ1) is 14.6. The van der Waals surface area contributed by atoms with Crippen LogP contribution in [0, 0.1) is 11.3 Å². The Kier molecular flexibility index (Phi) is 3.88. The molecule has 0 fully saturated rings. The lowest BCUT2D eigenvalue weighted by Gasteiger charge is -2.24. The Labute approximate surface area is 173 Å². The van der Waals surface area contributed by atoms with E-state index in [0.29, 0.717) is 35.4 Å². The zero-order valence-corrected chi connectivity index (χ0v) is 16.0. The summed E-state index contributed by atoms with van der Waals surface area (Å²) in [4.78, 5) is 0. The van der Waals surface area contributed by atoms with Crippen molar-refractivity contribution in [1.29, 1.82) is 6.60 Å². The first-order valence-corrected chi connectivity index (χ1v) is 9.86. The standard InChI is InChI=1S/C21H16BN2O4S/c22-29-27-10-9-21-8-7-16(28-21)17-18(21)20(26)24(19(17)25)15-6-5-12(11-23)13-3-1-2-4-14(13)15/h1-8,16,22,25-26H,9-10H2/i22T. The minimum atomic E-state index is -0.891. The second kappa shape index (κ2) is 6.60. The molecule has 5 rings (SSSR count). The average molecular weight is 405 g/mol. The summed E-state index contributed by atoms with van der Waals surface area (Å²) in [6.07, 6.45) is 3.73. The Morgan fingerprint density at radius 1 is 1.28 bits per heavy atom. The molecule has 2 bridgehead atoms. The van der Waals surface area contributed by atoms with Gasteiger partial charge in [-0.1, -0.05) is 42.2 Å². The van der Waals surface area contributed by atoms with Crippen LogP contribution in [0.25, 0.3) is 16.5 Å². The van der Waals surface area contributed by atoms with Crippen molar-refractivity contribution in [2.45, 2.75) is 18.1 Å². The van der Waals surface area contributed by atoms with Gasteiger partial charge in [0.2, 0.25) is 18.8 Å². The molecule has 8 heteroatoms. The van der Waals surface area contributed by atoms with Crippen LogP contribution in [0.4, 0.5) is 0 Å². The Morgan fingerprint density at radius 2 is 2.10 bits per heavy atom. The van der Waals surface area contributed by atoms with Gasteiger partial charge in [-0.15, -0.1) is 0 Å². The van der Waals surface area contributed by atoms with Gasteiger partial charge in [0.25, 0.3) is 0 Å². The summed E-state index contributed by atoms with van der Waals surface area (Å²) in [6, 6.07) is 13.0. The monoisotopic (exact) mass is 405 g/mol. The molecule has 2 aliphatic rings. The molecule has 2 N–H and O–H groups in total. The molecular weight excluding hydrogens is 387 g/mol. The Morgan fingerprint density at radius 3 is 2.90 bits per heavy atom. The van der Waals surface area contributed by atoms with Crippen molar-refractivity contribution >= 4 is 29.8 Å². The van der Waals surface area contributed by atoms with Gasteiger partial charge < -0.3 is 19.1 Å². The van der Waals surface area contributed by atoms with Crippen molar-refractivity contribution < 1.29 is 19.1 Å². The normalized spacial score (nSPS) is 21.9. The highest BCUT2D eigenvalue weighted by atomic mass is 32.2. The van der Waals surface area contributed by atoms with E-state index in [4.69, 9.17) is 10.3 Å². The average Bonchev–Trinajstić information content (AvgIpc) is 3.41. The summed E-state index contributed by atoms with van der Waals surface area (Å²) in [5, 5.41) is 33.2. The van der Waals surface area contributed by atoms with Crippen molar-refractivity contribution in [3.05, 3.63) is 65.2 Å². The molecule has 1 radical (unpaired) electrons. The van der Waals surface area contributed by atoms with Crippen molar-refractivity contribution in [1.82, 2.24) is 4.57 Å². The number of hydrogen-bond acceptors (Lipinski definition) is 6. The van der Waals surface area contributed by atoms with E-state index in [1.807, 2.05) is 36.4 Å². The van der Waals surface area contributed by atoms with E-state index in [0.717, 1.165) is 29.8 Å². The van der Waals surface area contributed by atoms with Gasteiger partial charge in [-0.2, -0.15) is 5.26 Å². The summed E-state index contributed by atoms with van der Waals surface area (Å²) in [6.45, 7) is 0.307. The van der Waals surface area contributed by atoms with E-state index in [1.165, 1.54) is 4.57 Å². The highest BCUT2D eigenvalue weighted by molar-refractivity contribution is 8.15. The van der Waals surface area contributed by atoms with Crippen LogP contribution in [0.2, 0.25) is 0 Å². The van der Waals surface area contributed by atoms with Crippen LogP contribution in [0.3, 0.4) is 0 Å². The molecule has 143 valence electrons. The van der Waals surface area contributed by atoms with Crippen LogP contribution >= 0.6 is 11.9 Å². The Balaban J connectivity index is 1.65. The van der Waals surface area contributed by atoms with Gasteiger partial charge in [0.15, 0.2) is 0 Å². The largest absolute Gasteiger partial charge is 0.494 e. The minimum absolute atomic E-state index is 0.0802. The molecule has 0 aliphatic carbocycles. The van der Waals surface area contributed by atoms with Crippen molar-refractivity contribution in [2.75, 3.05) is 6.61 Å². The Bertz CT molecular complexity index is 1240. The number of aromatic nitrogens is 1. The fraction of sp³-hybridized carbons (Fsp3) is 0.190. The van der Waals surface area contributed by atoms with E-state index in [9.17, 15) is 15.5 Å². The van der Waals surface area contributed by atoms with Gasteiger partial charge in [0, 0.05) is 17.2 Å². The maximum atomic E-state index is 11.2. The number of nitriles is 1. The predicted molar refractivity (Wildman–Crippen MR) is 111 cm³/mol. The fourth-order valence-electron chi connectivity index (χ4n) is 4.41. The van der Waals surface area contributed by atoms with Crippen LogP contribution in [0.1, 0.15) is 29.2 Å². The van der Waals surface area contributed by atoms with Crippen LogP contribution in [-0.4, -0.2) is 29.8 Å². The molecule has 0 saturated heterocycles. The highest BCUT2D eigenvalue weighted by Gasteiger charge is 2.52. The number of hydrogen-bond donors (Lipinski definition) is 2. The third-order valence-corrected chi connectivity index (χ3v) is 5.93. The zero-order chi connectivity index (χ0) is 20.9. The maximum Gasteiger partial charge on any atom is 0.209 e. The highest BCUT2D eigenvalue weighted by Crippen LogP contribution is 2.60. The van der Waals surface area contributed by atoms with Crippen LogP contribution in [0.15, 0.2) is 48.6 Å². The van der Waals surface area contributed by atoms with Gasteiger partial charge in [0.05, 0.1) is 35.1 Å². The molecule has 2 atom stereocenters. The second-order valence-corrected chi connectivity index (χ2v) is 7.44. The molecule has 3 aromatic rings. The molecule has 0 spiro atoms. The molecule has 2 unspecified atom stereocenters. The smallest absolute Gasteiger partial charge is 0.209 e. The molecule has 6 nitrogen and oxygen atoms in total. The molecule has 0 saturated carbocycles. The van der Waals surface area contributed by atoms with Gasteiger partial charge >= 0.3 is 0 Å². The van der Waals surface area contributed by atoms with Crippen molar-refractivity contribution in [3.63, 3.8) is 0 Å². The molecule has 2 aromatic carbocycles. The number of rotatable bonds is 6. The summed E-state index contributed by atoms with van der Waals surface area (Å²) in [5.41, 5.74) is 1.29. The van der Waals surface area contributed by atoms with Crippen molar-refractivity contribution in [2.24, 2.45) is 0 Å². The molecule has 29 heavy (non-hydrogen) atoms. The summed E-state index contributed by atoms with van der Waals surface area (Å²) < 4.78 is 19.9. The fourth-order valence-corrected chi connectivity index (χ4v) is 4.59. The van der Waals surface area contributed by atoms with E-state index < -0.39 is 11.7 Å². The lowest BCUT2D eigenvalue weighted by Crippen LogP contribution is -2.22. The summed E-state index contributed by atoms with van der Waals surface area (Å²) >= 11 is 0.928. The number of nitrogens with zero attached hydrogens (tertiary/aromatic N) is 2. The van der Waals surface area contributed by atoms with Gasteiger partial charge in [-0.3, -0.25) is 4.57 Å².